The van der Waals surface area contributed by atoms with Gasteiger partial charge in [0.25, 0.3) is 5.91 Å². The lowest BCUT2D eigenvalue weighted by molar-refractivity contribution is 0.0954. The van der Waals surface area contributed by atoms with Crippen molar-refractivity contribution in [2.75, 3.05) is 6.54 Å². The molecule has 0 aliphatic rings. The van der Waals surface area contributed by atoms with Crippen molar-refractivity contribution in [1.29, 1.82) is 0 Å². The smallest absolute Gasteiger partial charge is 0.251 e. The average molecular weight is 333 g/mol. The molecule has 0 aliphatic heterocycles. The van der Waals surface area contributed by atoms with Crippen LogP contribution in [0.2, 0.25) is 0 Å². The van der Waals surface area contributed by atoms with Crippen molar-refractivity contribution in [2.24, 2.45) is 0 Å². The first-order chi connectivity index (χ1) is 11.0. The largest absolute Gasteiger partial charge is 0.491 e. The molecule has 23 heavy (non-hydrogen) atoms. The number of hydrogen-bond donors (Lipinski definition) is 2. The van der Waals surface area contributed by atoms with Gasteiger partial charge in [-0.2, -0.15) is 0 Å². The standard InChI is InChI=1S/C18H23NO3S/c1-12(2)22-15-6-4-14(5-7-15)18(21)19-11-10-16-8-9-17(23-16)13(3)20/h4-9,12-13,20H,10-11H2,1-3H3,(H,19,21). The molecular formula is C18H23NO3S. The molecule has 2 N–H and O–H groups in total. The molecule has 2 aromatic rings. The van der Waals surface area contributed by atoms with Crippen molar-refractivity contribution in [2.45, 2.75) is 39.4 Å². The molecular weight excluding hydrogens is 310 g/mol. The first kappa shape index (κ1) is 17.5. The number of benzene rings is 1. The number of aliphatic hydroxyl groups excluding tert-OH is 1. The number of carbonyl (C=O) groups excluding carboxylic acids is 1. The molecule has 0 fully saturated rings. The lowest BCUT2D eigenvalue weighted by Gasteiger charge is -2.10. The van der Waals surface area contributed by atoms with Gasteiger partial charge in [0.15, 0.2) is 0 Å². The Morgan fingerprint density at radius 2 is 1.87 bits per heavy atom. The quantitative estimate of drug-likeness (QED) is 0.814. The van der Waals surface area contributed by atoms with Crippen molar-refractivity contribution in [3.05, 3.63) is 51.7 Å². The summed E-state index contributed by atoms with van der Waals surface area (Å²) in [4.78, 5) is 14.2. The Morgan fingerprint density at radius 1 is 1.17 bits per heavy atom. The average Bonchev–Trinajstić information content (AvgIpc) is 2.96. The third kappa shape index (κ3) is 5.37. The van der Waals surface area contributed by atoms with Gasteiger partial charge in [-0.15, -0.1) is 11.3 Å². The molecule has 1 heterocycles. The molecule has 0 bridgehead atoms. The topological polar surface area (TPSA) is 58.6 Å². The first-order valence-corrected chi connectivity index (χ1v) is 8.59. The Bertz CT molecular complexity index is 632. The molecule has 5 heteroatoms. The maximum Gasteiger partial charge on any atom is 0.251 e. The summed E-state index contributed by atoms with van der Waals surface area (Å²) in [6.45, 7) is 6.26. The summed E-state index contributed by atoms with van der Waals surface area (Å²) in [7, 11) is 0. The van der Waals surface area contributed by atoms with Crippen LogP contribution in [-0.2, 0) is 6.42 Å². The van der Waals surface area contributed by atoms with Crippen molar-refractivity contribution in [3.63, 3.8) is 0 Å². The summed E-state index contributed by atoms with van der Waals surface area (Å²) >= 11 is 1.58. The number of nitrogens with one attached hydrogen (secondary N) is 1. The molecule has 0 spiro atoms. The zero-order valence-electron chi connectivity index (χ0n) is 13.7. The van der Waals surface area contributed by atoms with Gasteiger partial charge in [0.05, 0.1) is 12.2 Å². The van der Waals surface area contributed by atoms with E-state index in [0.29, 0.717) is 12.1 Å². The van der Waals surface area contributed by atoms with Gasteiger partial charge in [0, 0.05) is 21.9 Å². The van der Waals surface area contributed by atoms with E-state index in [1.165, 1.54) is 0 Å². The SMILES string of the molecule is CC(C)Oc1ccc(C(=O)NCCc2ccc(C(C)O)s2)cc1. The predicted octanol–water partition coefficient (Wildman–Crippen LogP) is 3.56. The van der Waals surface area contributed by atoms with Gasteiger partial charge in [0.2, 0.25) is 0 Å². The predicted molar refractivity (Wildman–Crippen MR) is 93.2 cm³/mol. The van der Waals surface area contributed by atoms with Crippen molar-refractivity contribution >= 4 is 17.2 Å². The highest BCUT2D eigenvalue weighted by Crippen LogP contribution is 2.23. The zero-order chi connectivity index (χ0) is 16.8. The van der Waals surface area contributed by atoms with Crippen LogP contribution < -0.4 is 10.1 Å². The van der Waals surface area contributed by atoms with Gasteiger partial charge in [0.1, 0.15) is 5.75 Å². The minimum absolute atomic E-state index is 0.0894. The second kappa shape index (κ2) is 8.13. The zero-order valence-corrected chi connectivity index (χ0v) is 14.5. The highest BCUT2D eigenvalue weighted by atomic mass is 32.1. The van der Waals surface area contributed by atoms with Crippen molar-refractivity contribution in [1.82, 2.24) is 5.32 Å². The molecule has 0 saturated carbocycles. The number of carbonyl (C=O) groups is 1. The number of thiophene rings is 1. The van der Waals surface area contributed by atoms with E-state index in [-0.39, 0.29) is 12.0 Å². The maximum absolute atomic E-state index is 12.1. The molecule has 1 unspecified atom stereocenters. The van der Waals surface area contributed by atoms with Crippen molar-refractivity contribution < 1.29 is 14.6 Å². The van der Waals surface area contributed by atoms with Crippen LogP contribution in [0.25, 0.3) is 0 Å². The summed E-state index contributed by atoms with van der Waals surface area (Å²) in [5, 5.41) is 12.4. The Balaban J connectivity index is 1.82. The second-order valence-corrected chi connectivity index (χ2v) is 6.88. The van der Waals surface area contributed by atoms with Crippen LogP contribution in [-0.4, -0.2) is 23.7 Å². The highest BCUT2D eigenvalue weighted by Gasteiger charge is 2.08. The van der Waals surface area contributed by atoms with Crippen LogP contribution in [0.1, 0.15) is 47.0 Å². The Kier molecular flexibility index (Phi) is 6.19. The number of hydrogen-bond acceptors (Lipinski definition) is 4. The summed E-state index contributed by atoms with van der Waals surface area (Å²) < 4.78 is 5.56. The van der Waals surface area contributed by atoms with Gasteiger partial charge in [-0.3, -0.25) is 4.79 Å². The number of aliphatic hydroxyl groups is 1. The van der Waals surface area contributed by atoms with E-state index in [4.69, 9.17) is 4.74 Å². The third-order valence-electron chi connectivity index (χ3n) is 3.24. The van der Waals surface area contributed by atoms with E-state index in [0.717, 1.165) is 21.9 Å². The van der Waals surface area contributed by atoms with E-state index >= 15 is 0 Å². The molecule has 1 aromatic heterocycles. The van der Waals surface area contributed by atoms with Gasteiger partial charge in [-0.1, -0.05) is 0 Å². The van der Waals surface area contributed by atoms with Crippen LogP contribution in [0.3, 0.4) is 0 Å². The number of ether oxygens (including phenoxy) is 1. The highest BCUT2D eigenvalue weighted by molar-refractivity contribution is 7.12. The van der Waals surface area contributed by atoms with E-state index in [1.54, 1.807) is 30.4 Å². The van der Waals surface area contributed by atoms with Crippen molar-refractivity contribution in [3.8, 4) is 5.75 Å². The summed E-state index contributed by atoms with van der Waals surface area (Å²) in [6.07, 6.45) is 0.444. The summed E-state index contributed by atoms with van der Waals surface area (Å²) in [5.74, 6) is 0.675. The minimum atomic E-state index is -0.435. The number of rotatable bonds is 7. The van der Waals surface area contributed by atoms with E-state index < -0.39 is 6.10 Å². The lowest BCUT2D eigenvalue weighted by Crippen LogP contribution is -2.25. The summed E-state index contributed by atoms with van der Waals surface area (Å²) in [6, 6.07) is 11.1. The van der Waals surface area contributed by atoms with Gasteiger partial charge in [-0.05, 0) is 63.6 Å². The normalized spacial score (nSPS) is 12.2. The first-order valence-electron chi connectivity index (χ1n) is 7.77. The monoisotopic (exact) mass is 333 g/mol. The van der Waals surface area contributed by atoms with E-state index in [2.05, 4.69) is 5.32 Å². The Morgan fingerprint density at radius 3 is 2.43 bits per heavy atom. The van der Waals surface area contributed by atoms with Crippen LogP contribution in [0, 0.1) is 0 Å². The molecule has 2 rings (SSSR count). The van der Waals surface area contributed by atoms with Crippen LogP contribution >= 0.6 is 11.3 Å². The molecule has 1 aromatic carbocycles. The number of amides is 1. The Hall–Kier alpha value is -1.85. The Labute approximate surface area is 141 Å². The minimum Gasteiger partial charge on any atom is -0.491 e. The lowest BCUT2D eigenvalue weighted by atomic mass is 10.2. The molecule has 0 radical (unpaired) electrons. The molecule has 1 atom stereocenters. The molecule has 0 aliphatic carbocycles. The molecule has 124 valence electrons. The summed E-state index contributed by atoms with van der Waals surface area (Å²) in [5.41, 5.74) is 0.622. The fraction of sp³-hybridized carbons (Fsp3) is 0.389. The third-order valence-corrected chi connectivity index (χ3v) is 4.55. The second-order valence-electron chi connectivity index (χ2n) is 5.68. The van der Waals surface area contributed by atoms with E-state index in [1.807, 2.05) is 38.1 Å². The van der Waals surface area contributed by atoms with Crippen LogP contribution in [0.15, 0.2) is 36.4 Å². The maximum atomic E-state index is 12.1. The fourth-order valence-electron chi connectivity index (χ4n) is 2.11. The molecule has 1 amide bonds. The van der Waals surface area contributed by atoms with Crippen LogP contribution in [0.4, 0.5) is 0 Å². The molecule has 0 saturated heterocycles. The van der Waals surface area contributed by atoms with Gasteiger partial charge < -0.3 is 15.2 Å². The van der Waals surface area contributed by atoms with E-state index in [9.17, 15) is 9.90 Å². The molecule has 4 nitrogen and oxygen atoms in total. The fourth-order valence-corrected chi connectivity index (χ4v) is 3.06. The van der Waals surface area contributed by atoms with Gasteiger partial charge >= 0.3 is 0 Å². The van der Waals surface area contributed by atoms with Gasteiger partial charge in [-0.25, -0.2) is 0 Å². The van der Waals surface area contributed by atoms with Crippen LogP contribution in [0.5, 0.6) is 5.75 Å².